The highest BCUT2D eigenvalue weighted by Gasteiger charge is 2.18. The van der Waals surface area contributed by atoms with Crippen LogP contribution in [0.5, 0.6) is 5.75 Å². The molecule has 96 valence electrons. The first kappa shape index (κ1) is 12.6. The summed E-state index contributed by atoms with van der Waals surface area (Å²) in [6.45, 7) is 3.21. The van der Waals surface area contributed by atoms with Crippen LogP contribution in [0.25, 0.3) is 6.08 Å². The van der Waals surface area contributed by atoms with E-state index in [0.717, 1.165) is 16.9 Å². The van der Waals surface area contributed by atoms with Gasteiger partial charge in [-0.15, -0.1) is 0 Å². The van der Waals surface area contributed by atoms with Gasteiger partial charge in [0, 0.05) is 11.6 Å². The number of nitrogens with one attached hydrogen (secondary N) is 1. The van der Waals surface area contributed by atoms with Crippen molar-refractivity contribution < 1.29 is 14.3 Å². The number of aryl methyl sites for hydroxylation is 1. The lowest BCUT2D eigenvalue weighted by Crippen LogP contribution is -2.48. The van der Waals surface area contributed by atoms with E-state index in [0.29, 0.717) is 13.2 Å². The van der Waals surface area contributed by atoms with Gasteiger partial charge < -0.3 is 14.8 Å². The number of benzene rings is 1. The van der Waals surface area contributed by atoms with Crippen molar-refractivity contribution in [3.63, 3.8) is 0 Å². The van der Waals surface area contributed by atoms with Crippen LogP contribution in [0.3, 0.4) is 0 Å². The van der Waals surface area contributed by atoms with E-state index in [4.69, 9.17) is 9.47 Å². The van der Waals surface area contributed by atoms with Gasteiger partial charge in [0.25, 0.3) is 0 Å². The number of ether oxygens (including phenoxy) is 2. The zero-order valence-electron chi connectivity index (χ0n) is 10.6. The monoisotopic (exact) mass is 247 g/mol. The third-order valence-corrected chi connectivity index (χ3v) is 2.78. The lowest BCUT2D eigenvalue weighted by molar-refractivity contribution is -0.120. The lowest BCUT2D eigenvalue weighted by Gasteiger charge is -2.26. The van der Waals surface area contributed by atoms with Gasteiger partial charge in [-0.3, -0.25) is 4.79 Å². The molecule has 0 unspecified atom stereocenters. The first-order valence-electron chi connectivity index (χ1n) is 5.90. The molecular formula is C14H17NO3. The quantitative estimate of drug-likeness (QED) is 0.821. The Balaban J connectivity index is 2.02. The van der Waals surface area contributed by atoms with Crippen molar-refractivity contribution in [3.05, 3.63) is 35.4 Å². The second-order valence-electron chi connectivity index (χ2n) is 4.32. The molecule has 18 heavy (non-hydrogen) atoms. The van der Waals surface area contributed by atoms with Crippen LogP contribution in [0.15, 0.2) is 24.3 Å². The normalized spacial score (nSPS) is 15.4. The summed E-state index contributed by atoms with van der Waals surface area (Å²) in [6, 6.07) is 6.01. The second kappa shape index (κ2) is 5.69. The molecule has 4 heteroatoms. The van der Waals surface area contributed by atoms with E-state index < -0.39 is 0 Å². The SMILES string of the molecule is COc1ccc(C)cc1C=CC(=O)NC1COC1. The Morgan fingerprint density at radius 1 is 1.50 bits per heavy atom. The van der Waals surface area contributed by atoms with Crippen molar-refractivity contribution in [1.82, 2.24) is 5.32 Å². The van der Waals surface area contributed by atoms with E-state index in [9.17, 15) is 4.79 Å². The van der Waals surface area contributed by atoms with Crippen LogP contribution in [0.2, 0.25) is 0 Å². The summed E-state index contributed by atoms with van der Waals surface area (Å²) < 4.78 is 10.2. The van der Waals surface area contributed by atoms with Crippen LogP contribution < -0.4 is 10.1 Å². The summed E-state index contributed by atoms with van der Waals surface area (Å²) in [6.07, 6.45) is 3.29. The van der Waals surface area contributed by atoms with Crippen molar-refractivity contribution >= 4 is 12.0 Å². The molecule has 1 heterocycles. The zero-order valence-corrected chi connectivity index (χ0v) is 10.6. The molecule has 0 atom stereocenters. The molecule has 0 spiro atoms. The molecule has 0 aromatic heterocycles. The fourth-order valence-electron chi connectivity index (χ4n) is 1.72. The molecule has 1 aliphatic heterocycles. The molecule has 1 saturated heterocycles. The maximum Gasteiger partial charge on any atom is 0.244 e. The van der Waals surface area contributed by atoms with E-state index in [2.05, 4.69) is 5.32 Å². The maximum absolute atomic E-state index is 11.6. The van der Waals surface area contributed by atoms with Gasteiger partial charge in [-0.1, -0.05) is 11.6 Å². The standard InChI is InChI=1S/C14H17NO3/c1-10-3-5-13(17-2)11(7-10)4-6-14(16)15-12-8-18-9-12/h3-7,12H,8-9H2,1-2H3,(H,15,16). The molecule has 1 aromatic carbocycles. The van der Waals surface area contributed by atoms with Gasteiger partial charge in [-0.05, 0) is 25.1 Å². The molecule has 4 nitrogen and oxygen atoms in total. The Bertz CT molecular complexity index is 464. The second-order valence-corrected chi connectivity index (χ2v) is 4.32. The first-order chi connectivity index (χ1) is 8.69. The number of carbonyl (C=O) groups is 1. The van der Waals surface area contributed by atoms with E-state index >= 15 is 0 Å². The summed E-state index contributed by atoms with van der Waals surface area (Å²) in [5.41, 5.74) is 2.03. The number of amides is 1. The van der Waals surface area contributed by atoms with E-state index in [1.165, 1.54) is 6.08 Å². The smallest absolute Gasteiger partial charge is 0.244 e. The largest absolute Gasteiger partial charge is 0.496 e. The van der Waals surface area contributed by atoms with E-state index in [-0.39, 0.29) is 11.9 Å². The minimum Gasteiger partial charge on any atom is -0.496 e. The van der Waals surface area contributed by atoms with Gasteiger partial charge >= 0.3 is 0 Å². The average Bonchev–Trinajstić information content (AvgIpc) is 2.31. The number of rotatable bonds is 4. The molecule has 0 saturated carbocycles. The Labute approximate surface area is 107 Å². The zero-order chi connectivity index (χ0) is 13.0. The lowest BCUT2D eigenvalue weighted by atomic mass is 10.1. The van der Waals surface area contributed by atoms with Crippen molar-refractivity contribution in [3.8, 4) is 5.75 Å². The van der Waals surface area contributed by atoms with Gasteiger partial charge in [-0.2, -0.15) is 0 Å². The van der Waals surface area contributed by atoms with Gasteiger partial charge in [0.2, 0.25) is 5.91 Å². The Morgan fingerprint density at radius 2 is 2.28 bits per heavy atom. The first-order valence-corrected chi connectivity index (χ1v) is 5.90. The van der Waals surface area contributed by atoms with E-state index in [1.54, 1.807) is 13.2 Å². The topological polar surface area (TPSA) is 47.6 Å². The van der Waals surface area contributed by atoms with Gasteiger partial charge in [0.05, 0.1) is 26.4 Å². The molecule has 2 rings (SSSR count). The third-order valence-electron chi connectivity index (χ3n) is 2.78. The maximum atomic E-state index is 11.6. The van der Waals surface area contributed by atoms with Crippen molar-refractivity contribution in [2.75, 3.05) is 20.3 Å². The fourth-order valence-corrected chi connectivity index (χ4v) is 1.72. The fraction of sp³-hybridized carbons (Fsp3) is 0.357. The third kappa shape index (κ3) is 3.11. The highest BCUT2D eigenvalue weighted by atomic mass is 16.5. The average molecular weight is 247 g/mol. The minimum atomic E-state index is -0.105. The molecule has 0 aliphatic carbocycles. The van der Waals surface area contributed by atoms with Crippen molar-refractivity contribution in [2.24, 2.45) is 0 Å². The Morgan fingerprint density at radius 3 is 2.89 bits per heavy atom. The van der Waals surface area contributed by atoms with Crippen LogP contribution in [0.1, 0.15) is 11.1 Å². The van der Waals surface area contributed by atoms with E-state index in [1.807, 2.05) is 25.1 Å². The van der Waals surface area contributed by atoms with Crippen LogP contribution in [-0.2, 0) is 9.53 Å². The van der Waals surface area contributed by atoms with Gasteiger partial charge in [0.15, 0.2) is 0 Å². The summed E-state index contributed by atoms with van der Waals surface area (Å²) in [4.78, 5) is 11.6. The summed E-state index contributed by atoms with van der Waals surface area (Å²) >= 11 is 0. The van der Waals surface area contributed by atoms with Gasteiger partial charge in [-0.25, -0.2) is 0 Å². The molecule has 1 aromatic rings. The molecule has 0 bridgehead atoms. The molecule has 1 fully saturated rings. The summed E-state index contributed by atoms with van der Waals surface area (Å²) in [5, 5.41) is 2.85. The minimum absolute atomic E-state index is 0.105. The molecule has 1 amide bonds. The number of hydrogen-bond acceptors (Lipinski definition) is 3. The summed E-state index contributed by atoms with van der Waals surface area (Å²) in [5.74, 6) is 0.656. The Kier molecular flexibility index (Phi) is 3.99. The molecule has 1 aliphatic rings. The van der Waals surface area contributed by atoms with Crippen LogP contribution in [0, 0.1) is 6.92 Å². The number of methoxy groups -OCH3 is 1. The highest BCUT2D eigenvalue weighted by Crippen LogP contribution is 2.20. The number of hydrogen-bond donors (Lipinski definition) is 1. The Hall–Kier alpha value is -1.81. The predicted molar refractivity (Wildman–Crippen MR) is 69.5 cm³/mol. The predicted octanol–water partition coefficient (Wildman–Crippen LogP) is 1.53. The summed E-state index contributed by atoms with van der Waals surface area (Å²) in [7, 11) is 1.62. The van der Waals surface area contributed by atoms with Crippen LogP contribution >= 0.6 is 0 Å². The number of carbonyl (C=O) groups excluding carboxylic acids is 1. The highest BCUT2D eigenvalue weighted by molar-refractivity contribution is 5.92. The van der Waals surface area contributed by atoms with Gasteiger partial charge in [0.1, 0.15) is 5.75 Å². The molecule has 1 N–H and O–H groups in total. The van der Waals surface area contributed by atoms with Crippen molar-refractivity contribution in [1.29, 1.82) is 0 Å². The molecule has 0 radical (unpaired) electrons. The molecular weight excluding hydrogens is 230 g/mol. The van der Waals surface area contributed by atoms with Crippen LogP contribution in [-0.4, -0.2) is 32.3 Å². The van der Waals surface area contributed by atoms with Crippen LogP contribution in [0.4, 0.5) is 0 Å². The van der Waals surface area contributed by atoms with Crippen molar-refractivity contribution in [2.45, 2.75) is 13.0 Å².